The predicted octanol–water partition coefficient (Wildman–Crippen LogP) is 2.86. The van der Waals surface area contributed by atoms with Gasteiger partial charge in [-0.2, -0.15) is 4.31 Å². The number of sulfonamides is 1. The van der Waals surface area contributed by atoms with Crippen LogP contribution in [0, 0.1) is 0 Å². The Balaban J connectivity index is 1.45. The van der Waals surface area contributed by atoms with Gasteiger partial charge in [-0.15, -0.1) is 0 Å². The molecule has 1 aliphatic rings. The summed E-state index contributed by atoms with van der Waals surface area (Å²) in [7, 11) is -3.56. The van der Waals surface area contributed by atoms with Gasteiger partial charge in [-0.25, -0.2) is 8.42 Å². The van der Waals surface area contributed by atoms with Gasteiger partial charge in [0.1, 0.15) is 6.54 Å². The van der Waals surface area contributed by atoms with Crippen LogP contribution < -0.4 is 10.2 Å². The summed E-state index contributed by atoms with van der Waals surface area (Å²) >= 11 is 6.82. The number of nitrogens with one attached hydrogen (secondary N) is 1. The van der Waals surface area contributed by atoms with Crippen molar-refractivity contribution in [1.29, 1.82) is 0 Å². The Hall–Kier alpha value is -2.20. The summed E-state index contributed by atoms with van der Waals surface area (Å²) in [6, 6.07) is 12.1. The summed E-state index contributed by atoms with van der Waals surface area (Å²) in [6.07, 6.45) is 2.37. The van der Waals surface area contributed by atoms with Crippen molar-refractivity contribution in [1.82, 2.24) is 14.2 Å². The molecule has 164 valence electrons. The van der Waals surface area contributed by atoms with Crippen molar-refractivity contribution >= 4 is 49.1 Å². The molecule has 10 heteroatoms. The number of nitrogens with zero attached hydrogens (tertiary/aromatic N) is 2. The minimum atomic E-state index is -3.56. The second-order valence-electron chi connectivity index (χ2n) is 7.42. The first-order valence-corrected chi connectivity index (χ1v) is 12.6. The van der Waals surface area contributed by atoms with Crippen LogP contribution in [-0.4, -0.2) is 42.8 Å². The van der Waals surface area contributed by atoms with Crippen molar-refractivity contribution < 1.29 is 13.2 Å². The van der Waals surface area contributed by atoms with Crippen LogP contribution in [-0.2, 0) is 27.8 Å². The normalized spacial score (nSPS) is 14.9. The van der Waals surface area contributed by atoms with Gasteiger partial charge in [-0.05, 0) is 55.2 Å². The molecule has 1 aromatic heterocycles. The van der Waals surface area contributed by atoms with Crippen LogP contribution in [0.15, 0.2) is 52.2 Å². The van der Waals surface area contributed by atoms with Gasteiger partial charge < -0.3 is 5.32 Å². The van der Waals surface area contributed by atoms with Gasteiger partial charge in [0.15, 0.2) is 0 Å². The van der Waals surface area contributed by atoms with Crippen LogP contribution in [0.4, 0.5) is 0 Å². The molecule has 0 unspecified atom stereocenters. The molecule has 0 aliphatic carbocycles. The minimum Gasteiger partial charge on any atom is -0.354 e. The fourth-order valence-corrected chi connectivity index (χ4v) is 6.31. The largest absolute Gasteiger partial charge is 0.354 e. The van der Waals surface area contributed by atoms with Gasteiger partial charge in [0.25, 0.3) is 0 Å². The first-order chi connectivity index (χ1) is 14.8. The van der Waals surface area contributed by atoms with E-state index in [0.717, 1.165) is 29.7 Å². The molecular formula is C21H22ClN3O4S2. The number of halogens is 1. The molecule has 1 N–H and O–H groups in total. The van der Waals surface area contributed by atoms with Gasteiger partial charge in [0.05, 0.1) is 15.1 Å². The number of carbonyl (C=O) groups is 1. The van der Waals surface area contributed by atoms with Gasteiger partial charge in [0.2, 0.25) is 15.9 Å². The zero-order valence-electron chi connectivity index (χ0n) is 16.7. The monoisotopic (exact) mass is 479 g/mol. The standard InChI is InChI=1S/C21H22ClN3O4S2/c22-16-5-3-15(4-6-16)9-10-23-20(26)14-25-18-8-7-17(13-19(18)30-21(25)27)31(28,29)24-11-1-2-12-24/h3-8,13H,1-2,9-12,14H2,(H,23,26). The summed E-state index contributed by atoms with van der Waals surface area (Å²) in [4.78, 5) is 24.7. The smallest absolute Gasteiger partial charge is 0.308 e. The van der Waals surface area contributed by atoms with Crippen molar-refractivity contribution in [3.63, 3.8) is 0 Å². The van der Waals surface area contributed by atoms with E-state index in [2.05, 4.69) is 5.32 Å². The lowest BCUT2D eigenvalue weighted by atomic mass is 10.1. The van der Waals surface area contributed by atoms with Crippen LogP contribution in [0.3, 0.4) is 0 Å². The molecule has 1 saturated heterocycles. The van der Waals surface area contributed by atoms with Crippen molar-refractivity contribution in [3.8, 4) is 0 Å². The molecule has 0 spiro atoms. The molecule has 3 aromatic rings. The summed E-state index contributed by atoms with van der Waals surface area (Å²) in [5.41, 5.74) is 1.61. The lowest BCUT2D eigenvalue weighted by Gasteiger charge is -2.15. The Bertz CT molecular complexity index is 1260. The number of aromatic nitrogens is 1. The lowest BCUT2D eigenvalue weighted by Crippen LogP contribution is -2.31. The topological polar surface area (TPSA) is 88.5 Å². The Morgan fingerprint density at radius 3 is 2.52 bits per heavy atom. The molecule has 1 fully saturated rings. The fraction of sp³-hybridized carbons (Fsp3) is 0.333. The highest BCUT2D eigenvalue weighted by Crippen LogP contribution is 2.26. The zero-order chi connectivity index (χ0) is 22.0. The van der Waals surface area contributed by atoms with Crippen LogP contribution in [0.5, 0.6) is 0 Å². The predicted molar refractivity (Wildman–Crippen MR) is 122 cm³/mol. The van der Waals surface area contributed by atoms with E-state index in [1.165, 1.54) is 21.0 Å². The molecule has 1 amide bonds. The third kappa shape index (κ3) is 4.85. The van der Waals surface area contributed by atoms with E-state index in [1.807, 2.05) is 12.1 Å². The van der Waals surface area contributed by atoms with Gasteiger partial charge in [-0.3, -0.25) is 14.2 Å². The Morgan fingerprint density at radius 2 is 1.81 bits per heavy atom. The molecule has 0 atom stereocenters. The van der Waals surface area contributed by atoms with Crippen LogP contribution in [0.25, 0.3) is 10.2 Å². The zero-order valence-corrected chi connectivity index (χ0v) is 19.1. The average Bonchev–Trinajstić information content (AvgIpc) is 3.38. The van der Waals surface area contributed by atoms with Crippen molar-refractivity contribution in [2.24, 2.45) is 0 Å². The first kappa shape index (κ1) is 22.0. The van der Waals surface area contributed by atoms with Crippen molar-refractivity contribution in [3.05, 3.63) is 62.7 Å². The van der Waals surface area contributed by atoms with E-state index < -0.39 is 10.0 Å². The van der Waals surface area contributed by atoms with Gasteiger partial charge >= 0.3 is 4.87 Å². The van der Waals surface area contributed by atoms with Gasteiger partial charge in [-0.1, -0.05) is 35.1 Å². The first-order valence-electron chi connectivity index (χ1n) is 9.99. The fourth-order valence-electron chi connectivity index (χ4n) is 3.63. The third-order valence-electron chi connectivity index (χ3n) is 5.29. The maximum atomic E-state index is 12.8. The van der Waals surface area contributed by atoms with E-state index in [-0.39, 0.29) is 22.2 Å². The highest BCUT2D eigenvalue weighted by molar-refractivity contribution is 7.89. The van der Waals surface area contributed by atoms with Crippen LogP contribution >= 0.6 is 22.9 Å². The van der Waals surface area contributed by atoms with E-state index >= 15 is 0 Å². The molecule has 0 radical (unpaired) electrons. The summed E-state index contributed by atoms with van der Waals surface area (Å²) in [6.45, 7) is 1.37. The van der Waals surface area contributed by atoms with E-state index in [9.17, 15) is 18.0 Å². The van der Waals surface area contributed by atoms with Gasteiger partial charge in [0, 0.05) is 24.7 Å². The number of fused-ring (bicyclic) bond motifs is 1. The molecule has 1 aliphatic heterocycles. The van der Waals surface area contributed by atoms with E-state index in [4.69, 9.17) is 11.6 Å². The SMILES string of the molecule is O=C(Cn1c(=O)sc2cc(S(=O)(=O)N3CCCC3)ccc21)NCCc1ccc(Cl)cc1. The molecule has 2 heterocycles. The quantitative estimate of drug-likeness (QED) is 0.564. The Morgan fingerprint density at radius 1 is 1.10 bits per heavy atom. The van der Waals surface area contributed by atoms with E-state index in [1.54, 1.807) is 18.2 Å². The second kappa shape index (κ2) is 9.12. The Kier molecular flexibility index (Phi) is 6.47. The summed E-state index contributed by atoms with van der Waals surface area (Å²) < 4.78 is 29.0. The summed E-state index contributed by atoms with van der Waals surface area (Å²) in [5.74, 6) is -0.274. The average molecular weight is 480 g/mol. The maximum absolute atomic E-state index is 12.8. The number of amides is 1. The van der Waals surface area contributed by atoms with Crippen molar-refractivity contribution in [2.75, 3.05) is 19.6 Å². The highest BCUT2D eigenvalue weighted by Gasteiger charge is 2.27. The maximum Gasteiger partial charge on any atom is 0.308 e. The molecule has 2 aromatic carbocycles. The second-order valence-corrected chi connectivity index (χ2v) is 10.8. The number of benzene rings is 2. The lowest BCUT2D eigenvalue weighted by molar-refractivity contribution is -0.121. The number of hydrogen-bond acceptors (Lipinski definition) is 5. The molecule has 31 heavy (non-hydrogen) atoms. The summed E-state index contributed by atoms with van der Waals surface area (Å²) in [5, 5.41) is 3.48. The third-order valence-corrected chi connectivity index (χ3v) is 8.38. The molecule has 0 saturated carbocycles. The number of carbonyl (C=O) groups excluding carboxylic acids is 1. The van der Waals surface area contributed by atoms with Crippen molar-refractivity contribution in [2.45, 2.75) is 30.7 Å². The van der Waals surface area contributed by atoms with Crippen LogP contribution in [0.1, 0.15) is 18.4 Å². The highest BCUT2D eigenvalue weighted by atomic mass is 35.5. The van der Waals surface area contributed by atoms with E-state index in [0.29, 0.717) is 41.3 Å². The number of rotatable bonds is 7. The molecular weight excluding hydrogens is 458 g/mol. The number of thiazole rings is 1. The number of hydrogen-bond donors (Lipinski definition) is 1. The molecule has 4 rings (SSSR count). The Labute approximate surface area is 189 Å². The molecule has 0 bridgehead atoms. The molecule has 7 nitrogen and oxygen atoms in total. The van der Waals surface area contributed by atoms with Crippen LogP contribution in [0.2, 0.25) is 5.02 Å². The minimum absolute atomic E-state index is 0.113.